The van der Waals surface area contributed by atoms with E-state index in [1.807, 2.05) is 0 Å². The zero-order valence-corrected chi connectivity index (χ0v) is 5.47. The van der Waals surface area contributed by atoms with Crippen molar-refractivity contribution in [3.05, 3.63) is 24.0 Å². The Hall–Kier alpha value is -0.470. The first-order chi connectivity index (χ1) is 4.10. The van der Waals surface area contributed by atoms with Crippen molar-refractivity contribution in [2.24, 2.45) is 0 Å². The number of aliphatic hydroxyl groups excluding tert-OH is 1. The maximum atomic E-state index is 9.02. The smallest absolute Gasteiger partial charge is 0.161 e. The molecular formula is C6H7ClO2. The maximum Gasteiger partial charge on any atom is 0.161 e. The second-order valence-corrected chi connectivity index (χ2v) is 2.64. The Balaban J connectivity index is 2.70. The highest BCUT2D eigenvalue weighted by atomic mass is 35.5. The van der Waals surface area contributed by atoms with Crippen LogP contribution in [0.25, 0.3) is 0 Å². The molecule has 0 radical (unpaired) electrons. The monoisotopic (exact) mass is 146 g/mol. The van der Waals surface area contributed by atoms with Crippen molar-refractivity contribution in [1.82, 2.24) is 0 Å². The van der Waals surface area contributed by atoms with Gasteiger partial charge in [0.25, 0.3) is 0 Å². The number of halogens is 1. The lowest BCUT2D eigenvalue weighted by Crippen LogP contribution is -2.17. The molecule has 9 heavy (non-hydrogen) atoms. The molecule has 0 spiro atoms. The Kier molecular flexibility index (Phi) is 1.51. The number of allylic oxidation sites excluding steroid dienone is 1. The molecule has 1 atom stereocenters. The molecule has 0 aromatic heterocycles. The standard InChI is InChI=1S/C6H7ClO2/c7-6(9)3-1-5(8)2-4-6/h1-3,8-9H,4H2. The van der Waals surface area contributed by atoms with E-state index in [2.05, 4.69) is 0 Å². The van der Waals surface area contributed by atoms with Crippen LogP contribution in [0.4, 0.5) is 0 Å². The molecule has 1 aliphatic carbocycles. The number of hydrogen-bond acceptors (Lipinski definition) is 2. The van der Waals surface area contributed by atoms with Gasteiger partial charge in [0.15, 0.2) is 5.06 Å². The molecule has 0 bridgehead atoms. The molecule has 2 nitrogen and oxygen atoms in total. The minimum absolute atomic E-state index is 0.153. The van der Waals surface area contributed by atoms with Crippen LogP contribution < -0.4 is 0 Å². The molecule has 0 saturated carbocycles. The Labute approximate surface area is 58.1 Å². The molecule has 1 aliphatic rings. The van der Waals surface area contributed by atoms with Crippen LogP contribution in [0.1, 0.15) is 6.42 Å². The van der Waals surface area contributed by atoms with Crippen LogP contribution in [0.3, 0.4) is 0 Å². The summed E-state index contributed by atoms with van der Waals surface area (Å²) in [6.45, 7) is 0. The van der Waals surface area contributed by atoms with Crippen LogP contribution in [0.2, 0.25) is 0 Å². The van der Waals surface area contributed by atoms with E-state index in [9.17, 15) is 0 Å². The third-order valence-corrected chi connectivity index (χ3v) is 1.39. The van der Waals surface area contributed by atoms with E-state index in [1.54, 1.807) is 0 Å². The maximum absolute atomic E-state index is 9.02. The lowest BCUT2D eigenvalue weighted by Gasteiger charge is -2.16. The van der Waals surface area contributed by atoms with Gasteiger partial charge >= 0.3 is 0 Å². The molecule has 1 rings (SSSR count). The fourth-order valence-electron chi connectivity index (χ4n) is 0.597. The molecule has 0 saturated heterocycles. The first-order valence-corrected chi connectivity index (χ1v) is 2.98. The Morgan fingerprint density at radius 2 is 2.33 bits per heavy atom. The van der Waals surface area contributed by atoms with Crippen LogP contribution in [-0.2, 0) is 0 Å². The molecular weight excluding hydrogens is 140 g/mol. The van der Waals surface area contributed by atoms with Crippen molar-refractivity contribution in [3.8, 4) is 0 Å². The van der Waals surface area contributed by atoms with Crippen LogP contribution in [0.15, 0.2) is 24.0 Å². The summed E-state index contributed by atoms with van der Waals surface area (Å²) in [6.07, 6.45) is 4.45. The molecule has 2 N–H and O–H groups in total. The predicted molar refractivity (Wildman–Crippen MR) is 35.3 cm³/mol. The molecule has 50 valence electrons. The molecule has 0 aromatic carbocycles. The van der Waals surface area contributed by atoms with Crippen molar-refractivity contribution in [1.29, 1.82) is 0 Å². The van der Waals surface area contributed by atoms with Crippen LogP contribution in [0, 0.1) is 0 Å². The number of rotatable bonds is 0. The summed E-state index contributed by atoms with van der Waals surface area (Å²) in [6, 6.07) is 0. The van der Waals surface area contributed by atoms with Gasteiger partial charge in [-0.2, -0.15) is 0 Å². The van der Waals surface area contributed by atoms with Crippen molar-refractivity contribution in [2.75, 3.05) is 0 Å². The average molecular weight is 147 g/mol. The van der Waals surface area contributed by atoms with Crippen LogP contribution >= 0.6 is 11.6 Å². The highest BCUT2D eigenvalue weighted by Gasteiger charge is 2.20. The first kappa shape index (κ1) is 6.65. The van der Waals surface area contributed by atoms with Crippen LogP contribution in [0.5, 0.6) is 0 Å². The number of hydrogen-bond donors (Lipinski definition) is 2. The quantitative estimate of drug-likeness (QED) is 0.506. The van der Waals surface area contributed by atoms with Crippen molar-refractivity contribution in [3.63, 3.8) is 0 Å². The Morgan fingerprint density at radius 3 is 2.67 bits per heavy atom. The number of alkyl halides is 1. The fraction of sp³-hybridized carbons (Fsp3) is 0.333. The summed E-state index contributed by atoms with van der Waals surface area (Å²) < 4.78 is 0. The Bertz CT molecular complexity index is 170. The third kappa shape index (κ3) is 1.73. The normalized spacial score (nSPS) is 34.2. The summed E-state index contributed by atoms with van der Waals surface area (Å²) >= 11 is 5.45. The van der Waals surface area contributed by atoms with Gasteiger partial charge < -0.3 is 10.2 Å². The van der Waals surface area contributed by atoms with Crippen molar-refractivity contribution in [2.45, 2.75) is 11.5 Å². The minimum Gasteiger partial charge on any atom is -0.508 e. The molecule has 0 fully saturated rings. The van der Waals surface area contributed by atoms with E-state index in [4.69, 9.17) is 21.8 Å². The Morgan fingerprint density at radius 1 is 1.67 bits per heavy atom. The fourth-order valence-corrected chi connectivity index (χ4v) is 0.737. The van der Waals surface area contributed by atoms with Gasteiger partial charge in [-0.25, -0.2) is 0 Å². The lowest BCUT2D eigenvalue weighted by molar-refractivity contribution is 0.178. The summed E-state index contributed by atoms with van der Waals surface area (Å²) in [5.74, 6) is 0.153. The molecule has 0 aliphatic heterocycles. The van der Waals surface area contributed by atoms with Gasteiger partial charge in [-0.05, 0) is 18.2 Å². The van der Waals surface area contributed by atoms with Gasteiger partial charge in [0, 0.05) is 6.42 Å². The van der Waals surface area contributed by atoms with Crippen LogP contribution in [-0.4, -0.2) is 15.3 Å². The van der Waals surface area contributed by atoms with E-state index in [0.29, 0.717) is 0 Å². The minimum atomic E-state index is -1.29. The molecule has 0 aromatic rings. The lowest BCUT2D eigenvalue weighted by atomic mass is 10.1. The molecule has 0 heterocycles. The largest absolute Gasteiger partial charge is 0.508 e. The zero-order chi connectivity index (χ0) is 6.91. The van der Waals surface area contributed by atoms with E-state index in [1.165, 1.54) is 18.2 Å². The van der Waals surface area contributed by atoms with Gasteiger partial charge in [-0.15, -0.1) is 0 Å². The zero-order valence-electron chi connectivity index (χ0n) is 4.71. The van der Waals surface area contributed by atoms with Crippen molar-refractivity contribution >= 4 is 11.6 Å². The summed E-state index contributed by atoms with van der Waals surface area (Å²) in [4.78, 5) is 0. The number of aliphatic hydroxyl groups is 2. The molecule has 0 amide bonds. The predicted octanol–water partition coefficient (Wildman–Crippen LogP) is 1.32. The molecule has 3 heteroatoms. The van der Waals surface area contributed by atoms with E-state index < -0.39 is 5.06 Å². The second kappa shape index (κ2) is 2.05. The van der Waals surface area contributed by atoms with Crippen molar-refractivity contribution < 1.29 is 10.2 Å². The summed E-state index contributed by atoms with van der Waals surface area (Å²) in [5.41, 5.74) is 0. The van der Waals surface area contributed by atoms with Gasteiger partial charge in [-0.3, -0.25) is 0 Å². The van der Waals surface area contributed by atoms with Gasteiger partial charge in [0.05, 0.1) is 0 Å². The topological polar surface area (TPSA) is 40.5 Å². The SMILES string of the molecule is OC1=CCC(O)(Cl)C=C1. The van der Waals surface area contributed by atoms with Gasteiger partial charge in [0.1, 0.15) is 5.76 Å². The summed E-state index contributed by atoms with van der Waals surface area (Å²) in [7, 11) is 0. The third-order valence-electron chi connectivity index (χ3n) is 1.11. The van der Waals surface area contributed by atoms with E-state index >= 15 is 0 Å². The van der Waals surface area contributed by atoms with E-state index in [-0.39, 0.29) is 12.2 Å². The first-order valence-electron chi connectivity index (χ1n) is 2.60. The highest BCUT2D eigenvalue weighted by molar-refractivity contribution is 6.24. The average Bonchev–Trinajstić information content (AvgIpc) is 1.78. The second-order valence-electron chi connectivity index (χ2n) is 1.99. The molecule has 1 unspecified atom stereocenters. The van der Waals surface area contributed by atoms with Gasteiger partial charge in [0.2, 0.25) is 0 Å². The van der Waals surface area contributed by atoms with Gasteiger partial charge in [-0.1, -0.05) is 11.6 Å². The summed E-state index contributed by atoms with van der Waals surface area (Å²) in [5, 5.41) is 16.5. The van der Waals surface area contributed by atoms with E-state index in [0.717, 1.165) is 0 Å². The highest BCUT2D eigenvalue weighted by Crippen LogP contribution is 2.23.